The van der Waals surface area contributed by atoms with E-state index in [-0.39, 0.29) is 0 Å². The Labute approximate surface area is 48.0 Å². The van der Waals surface area contributed by atoms with Crippen molar-refractivity contribution in [2.45, 2.75) is 6.92 Å². The quantitative estimate of drug-likeness (QED) is 0.427. The van der Waals surface area contributed by atoms with Crippen LogP contribution >= 0.6 is 11.8 Å². The zero-order valence-corrected chi connectivity index (χ0v) is 5.01. The predicted octanol–water partition coefficient (Wildman–Crippen LogP) is 1.64. The molecule has 1 rings (SSSR count). The van der Waals surface area contributed by atoms with Crippen molar-refractivity contribution in [2.75, 3.05) is 5.75 Å². The molecular formula is C6H6S. The molecule has 1 aliphatic rings. The van der Waals surface area contributed by atoms with Crippen LogP contribution in [0.2, 0.25) is 0 Å². The Morgan fingerprint density at radius 3 is 3.00 bits per heavy atom. The van der Waals surface area contributed by atoms with Gasteiger partial charge in [-0.3, -0.25) is 0 Å². The lowest BCUT2D eigenvalue weighted by atomic mass is 10.5. The van der Waals surface area contributed by atoms with E-state index in [9.17, 15) is 0 Å². The van der Waals surface area contributed by atoms with Crippen molar-refractivity contribution in [3.8, 4) is 11.8 Å². The first-order chi connectivity index (χ1) is 3.43. The van der Waals surface area contributed by atoms with Crippen molar-refractivity contribution < 1.29 is 0 Å². The Morgan fingerprint density at radius 2 is 2.71 bits per heavy atom. The highest BCUT2D eigenvalue weighted by atomic mass is 32.2. The molecule has 0 bridgehead atoms. The number of hydrogen-bond acceptors (Lipinski definition) is 1. The van der Waals surface area contributed by atoms with Crippen molar-refractivity contribution in [2.24, 2.45) is 0 Å². The van der Waals surface area contributed by atoms with Crippen LogP contribution in [0.4, 0.5) is 0 Å². The molecule has 0 nitrogen and oxygen atoms in total. The maximum Gasteiger partial charge on any atom is 0.0604 e. The van der Waals surface area contributed by atoms with Crippen molar-refractivity contribution in [1.29, 1.82) is 0 Å². The molecule has 0 aromatic heterocycles. The van der Waals surface area contributed by atoms with Crippen LogP contribution in [0.25, 0.3) is 0 Å². The van der Waals surface area contributed by atoms with Crippen LogP contribution < -0.4 is 0 Å². The van der Waals surface area contributed by atoms with E-state index in [1.807, 2.05) is 13.0 Å². The van der Waals surface area contributed by atoms with Gasteiger partial charge in [0, 0.05) is 0 Å². The smallest absolute Gasteiger partial charge is 0.0604 e. The Kier molecular flexibility index (Phi) is 1.43. The van der Waals surface area contributed by atoms with Gasteiger partial charge in [0.05, 0.1) is 10.7 Å². The van der Waals surface area contributed by atoms with E-state index in [1.165, 1.54) is 4.91 Å². The van der Waals surface area contributed by atoms with Gasteiger partial charge in [0.25, 0.3) is 0 Å². The Morgan fingerprint density at radius 1 is 1.86 bits per heavy atom. The van der Waals surface area contributed by atoms with E-state index in [0.717, 1.165) is 5.75 Å². The summed E-state index contributed by atoms with van der Waals surface area (Å²) in [6, 6.07) is 0. The van der Waals surface area contributed by atoms with Gasteiger partial charge in [-0.05, 0) is 6.92 Å². The second-order valence-electron chi connectivity index (χ2n) is 1.24. The normalized spacial score (nSPS) is 22.1. The van der Waals surface area contributed by atoms with E-state index in [2.05, 4.69) is 11.8 Å². The number of hydrogen-bond donors (Lipinski definition) is 0. The minimum atomic E-state index is 0.986. The first kappa shape index (κ1) is 4.80. The Balaban J connectivity index is 2.66. The topological polar surface area (TPSA) is 0 Å². The number of rotatable bonds is 0. The Bertz CT molecular complexity index is 145. The summed E-state index contributed by atoms with van der Waals surface area (Å²) in [5, 5.41) is 0. The van der Waals surface area contributed by atoms with Crippen LogP contribution in [-0.4, -0.2) is 5.75 Å². The molecular weight excluding hydrogens is 104 g/mol. The summed E-state index contributed by atoms with van der Waals surface area (Å²) >= 11 is 1.78. The summed E-state index contributed by atoms with van der Waals surface area (Å²) in [4.78, 5) is 1.22. The zero-order chi connectivity index (χ0) is 5.11. The van der Waals surface area contributed by atoms with Crippen molar-refractivity contribution >= 4 is 11.8 Å². The highest BCUT2D eigenvalue weighted by Gasteiger charge is 1.93. The van der Waals surface area contributed by atoms with Gasteiger partial charge in [-0.1, -0.05) is 17.9 Å². The van der Waals surface area contributed by atoms with Gasteiger partial charge in [-0.25, -0.2) is 0 Å². The molecule has 0 amide bonds. The molecule has 0 fully saturated rings. The fraction of sp³-hybridized carbons (Fsp3) is 0.333. The minimum absolute atomic E-state index is 0.986. The largest absolute Gasteiger partial charge is 0.104 e. The van der Waals surface area contributed by atoms with Crippen LogP contribution in [0.5, 0.6) is 0 Å². The molecule has 0 aromatic rings. The van der Waals surface area contributed by atoms with Crippen molar-refractivity contribution in [3.05, 3.63) is 11.0 Å². The van der Waals surface area contributed by atoms with E-state index < -0.39 is 0 Å². The van der Waals surface area contributed by atoms with Crippen LogP contribution in [0.15, 0.2) is 11.0 Å². The third-order valence-electron chi connectivity index (χ3n) is 0.774. The second kappa shape index (κ2) is 2.09. The van der Waals surface area contributed by atoms with Gasteiger partial charge in [-0.15, -0.1) is 11.8 Å². The summed E-state index contributed by atoms with van der Waals surface area (Å²) in [6.45, 7) is 2.02. The summed E-state index contributed by atoms with van der Waals surface area (Å²) in [6.07, 6.45) is 2.05. The summed E-state index contributed by atoms with van der Waals surface area (Å²) in [7, 11) is 0. The molecule has 1 heteroatoms. The molecule has 1 heterocycles. The maximum atomic E-state index is 2.98. The van der Waals surface area contributed by atoms with Crippen molar-refractivity contribution in [1.82, 2.24) is 0 Å². The van der Waals surface area contributed by atoms with Crippen LogP contribution in [0, 0.1) is 11.8 Å². The molecule has 0 aromatic carbocycles. The average molecular weight is 110 g/mol. The molecule has 0 saturated heterocycles. The molecule has 0 radical (unpaired) electrons. The summed E-state index contributed by atoms with van der Waals surface area (Å²) in [5.74, 6) is 6.93. The molecule has 0 atom stereocenters. The average Bonchev–Trinajstić information content (AvgIpc) is 2.14. The van der Waals surface area contributed by atoms with Gasteiger partial charge in [0.1, 0.15) is 0 Å². The van der Waals surface area contributed by atoms with E-state index in [1.54, 1.807) is 11.8 Å². The fourth-order valence-corrected chi connectivity index (χ4v) is 1.04. The van der Waals surface area contributed by atoms with Crippen LogP contribution in [-0.2, 0) is 0 Å². The van der Waals surface area contributed by atoms with E-state index in [4.69, 9.17) is 0 Å². The summed E-state index contributed by atoms with van der Waals surface area (Å²) in [5.41, 5.74) is 0. The third kappa shape index (κ3) is 1.01. The van der Waals surface area contributed by atoms with Crippen molar-refractivity contribution in [3.63, 3.8) is 0 Å². The number of allylic oxidation sites excluding steroid dienone is 2. The molecule has 0 N–H and O–H groups in total. The zero-order valence-electron chi connectivity index (χ0n) is 4.19. The third-order valence-corrected chi connectivity index (χ3v) is 1.71. The van der Waals surface area contributed by atoms with Crippen LogP contribution in [0.3, 0.4) is 0 Å². The van der Waals surface area contributed by atoms with Gasteiger partial charge >= 0.3 is 0 Å². The van der Waals surface area contributed by atoms with Gasteiger partial charge in [0.2, 0.25) is 0 Å². The lowest BCUT2D eigenvalue weighted by molar-refractivity contribution is 1.74. The van der Waals surface area contributed by atoms with Gasteiger partial charge < -0.3 is 0 Å². The molecule has 0 spiro atoms. The standard InChI is InChI=1S/C6H6S/c1-2-6-4-3-5-7-6/h2H,5H2,1H3/b6-2+. The Hall–Kier alpha value is -0.350. The molecule has 0 aliphatic carbocycles. The SMILES string of the molecule is C/C=C1\C#CCS1. The highest BCUT2D eigenvalue weighted by Crippen LogP contribution is 2.17. The fourth-order valence-electron chi connectivity index (χ4n) is 0.429. The summed E-state index contributed by atoms with van der Waals surface area (Å²) < 4.78 is 0. The molecule has 0 saturated carbocycles. The minimum Gasteiger partial charge on any atom is -0.104 e. The lowest BCUT2D eigenvalue weighted by Crippen LogP contribution is -1.59. The molecule has 0 unspecified atom stereocenters. The van der Waals surface area contributed by atoms with Gasteiger partial charge in [0.15, 0.2) is 0 Å². The molecule has 7 heavy (non-hydrogen) atoms. The lowest BCUT2D eigenvalue weighted by Gasteiger charge is -1.81. The number of thioether (sulfide) groups is 1. The predicted molar refractivity (Wildman–Crippen MR) is 34.0 cm³/mol. The molecule has 1 aliphatic heterocycles. The first-order valence-corrected chi connectivity index (χ1v) is 3.20. The second-order valence-corrected chi connectivity index (χ2v) is 2.26. The van der Waals surface area contributed by atoms with E-state index in [0.29, 0.717) is 0 Å². The monoisotopic (exact) mass is 110 g/mol. The van der Waals surface area contributed by atoms with E-state index >= 15 is 0 Å². The van der Waals surface area contributed by atoms with Crippen LogP contribution in [0.1, 0.15) is 6.92 Å². The van der Waals surface area contributed by atoms with Gasteiger partial charge in [-0.2, -0.15) is 0 Å². The maximum absolute atomic E-state index is 2.98. The first-order valence-electron chi connectivity index (χ1n) is 2.21. The highest BCUT2D eigenvalue weighted by molar-refractivity contribution is 8.03. The molecule has 36 valence electrons.